The number of carbonyl (C=O) groups is 1. The van der Waals surface area contributed by atoms with Crippen LogP contribution in [0.5, 0.6) is 0 Å². The highest BCUT2D eigenvalue weighted by Gasteiger charge is 2.08. The summed E-state index contributed by atoms with van der Waals surface area (Å²) in [6.45, 7) is 7.90. The van der Waals surface area contributed by atoms with Gasteiger partial charge in [-0.25, -0.2) is 0 Å². The van der Waals surface area contributed by atoms with Gasteiger partial charge in [-0.1, -0.05) is 54.6 Å². The van der Waals surface area contributed by atoms with Crippen LogP contribution < -0.4 is 10.6 Å². The average Bonchev–Trinajstić information content (AvgIpc) is 3.04. The van der Waals surface area contributed by atoms with Crippen LogP contribution in [0.4, 0.5) is 5.13 Å². The molecular formula is C17H24N4OS3. The van der Waals surface area contributed by atoms with Gasteiger partial charge in [0, 0.05) is 23.7 Å². The Balaban J connectivity index is 1.60. The normalized spacial score (nSPS) is 10.9. The molecule has 2 rings (SSSR count). The van der Waals surface area contributed by atoms with Gasteiger partial charge in [0.05, 0.1) is 5.75 Å². The van der Waals surface area contributed by atoms with E-state index in [2.05, 4.69) is 65.9 Å². The van der Waals surface area contributed by atoms with Crippen LogP contribution in [0.2, 0.25) is 0 Å². The monoisotopic (exact) mass is 396 g/mol. The number of benzene rings is 1. The molecule has 0 aliphatic carbocycles. The van der Waals surface area contributed by atoms with Crippen molar-refractivity contribution in [2.24, 2.45) is 5.92 Å². The van der Waals surface area contributed by atoms with Gasteiger partial charge in [0.25, 0.3) is 0 Å². The summed E-state index contributed by atoms with van der Waals surface area (Å²) in [5.74, 6) is 1.82. The summed E-state index contributed by atoms with van der Waals surface area (Å²) in [7, 11) is 0. The van der Waals surface area contributed by atoms with Gasteiger partial charge in [-0.2, -0.15) is 0 Å². The van der Waals surface area contributed by atoms with E-state index in [1.54, 1.807) is 11.8 Å². The van der Waals surface area contributed by atoms with E-state index in [0.29, 0.717) is 18.2 Å². The maximum absolute atomic E-state index is 11.9. The van der Waals surface area contributed by atoms with Crippen molar-refractivity contribution in [2.45, 2.75) is 30.0 Å². The molecule has 0 atom stereocenters. The summed E-state index contributed by atoms with van der Waals surface area (Å²) in [5, 5.41) is 15.2. The molecule has 0 bridgehead atoms. The van der Waals surface area contributed by atoms with Crippen LogP contribution >= 0.6 is 34.9 Å². The molecule has 0 radical (unpaired) electrons. The summed E-state index contributed by atoms with van der Waals surface area (Å²) in [6.07, 6.45) is 0. The summed E-state index contributed by atoms with van der Waals surface area (Å²) in [6, 6.07) is 8.42. The molecule has 1 heterocycles. The lowest BCUT2D eigenvalue weighted by Crippen LogP contribution is -2.27. The third-order valence-electron chi connectivity index (χ3n) is 3.11. The minimum atomic E-state index is 0.0291. The first kappa shape index (κ1) is 20.1. The van der Waals surface area contributed by atoms with Gasteiger partial charge in [0.15, 0.2) is 4.34 Å². The molecule has 136 valence electrons. The van der Waals surface area contributed by atoms with Crippen molar-refractivity contribution in [3.63, 3.8) is 0 Å². The number of rotatable bonds is 10. The number of aromatic nitrogens is 2. The number of hydrogen-bond acceptors (Lipinski definition) is 7. The number of nitrogens with one attached hydrogen (secondary N) is 2. The number of amides is 1. The fourth-order valence-corrected chi connectivity index (χ4v) is 4.16. The van der Waals surface area contributed by atoms with Crippen LogP contribution in [0.3, 0.4) is 0 Å². The van der Waals surface area contributed by atoms with Gasteiger partial charge in [0.1, 0.15) is 0 Å². The average molecular weight is 397 g/mol. The molecule has 0 fully saturated rings. The zero-order valence-corrected chi connectivity index (χ0v) is 17.2. The van der Waals surface area contributed by atoms with Gasteiger partial charge >= 0.3 is 0 Å². The topological polar surface area (TPSA) is 66.9 Å². The molecule has 0 aliphatic rings. The SMILES string of the molecule is Cc1ccc(SCCNC(=O)CSc2nnc(NCC(C)C)s2)cc1. The maximum atomic E-state index is 11.9. The van der Waals surface area contributed by atoms with E-state index in [0.717, 1.165) is 21.8 Å². The summed E-state index contributed by atoms with van der Waals surface area (Å²) in [4.78, 5) is 13.1. The van der Waals surface area contributed by atoms with Crippen molar-refractivity contribution in [2.75, 3.05) is 29.9 Å². The van der Waals surface area contributed by atoms with Crippen molar-refractivity contribution < 1.29 is 4.79 Å². The molecule has 0 spiro atoms. The summed E-state index contributed by atoms with van der Waals surface area (Å²) >= 11 is 4.66. The quantitative estimate of drug-likeness (QED) is 0.469. The molecule has 0 aliphatic heterocycles. The predicted molar refractivity (Wildman–Crippen MR) is 109 cm³/mol. The number of nitrogens with zero attached hydrogens (tertiary/aromatic N) is 2. The van der Waals surface area contributed by atoms with E-state index in [1.165, 1.54) is 33.6 Å². The summed E-state index contributed by atoms with van der Waals surface area (Å²) < 4.78 is 0.815. The van der Waals surface area contributed by atoms with Gasteiger partial charge in [-0.3, -0.25) is 4.79 Å². The van der Waals surface area contributed by atoms with E-state index in [4.69, 9.17) is 0 Å². The molecule has 2 N–H and O–H groups in total. The Morgan fingerprint density at radius 1 is 1.20 bits per heavy atom. The first-order valence-electron chi connectivity index (χ1n) is 8.19. The molecule has 8 heteroatoms. The molecule has 5 nitrogen and oxygen atoms in total. The third kappa shape index (κ3) is 8.11. The van der Waals surface area contributed by atoms with Crippen LogP contribution in [0, 0.1) is 12.8 Å². The van der Waals surface area contributed by atoms with Crippen molar-refractivity contribution in [1.82, 2.24) is 15.5 Å². The van der Waals surface area contributed by atoms with Crippen molar-refractivity contribution >= 4 is 45.9 Å². The Bertz CT molecular complexity index is 658. The van der Waals surface area contributed by atoms with E-state index >= 15 is 0 Å². The van der Waals surface area contributed by atoms with Crippen LogP contribution in [0.1, 0.15) is 19.4 Å². The molecule has 0 unspecified atom stereocenters. The van der Waals surface area contributed by atoms with Crippen molar-refractivity contribution in [1.29, 1.82) is 0 Å². The maximum Gasteiger partial charge on any atom is 0.230 e. The zero-order valence-electron chi connectivity index (χ0n) is 14.7. The molecule has 1 amide bonds. The Morgan fingerprint density at radius 3 is 2.68 bits per heavy atom. The van der Waals surface area contributed by atoms with Crippen LogP contribution in [-0.2, 0) is 4.79 Å². The number of hydrogen-bond donors (Lipinski definition) is 2. The second-order valence-corrected chi connectivity index (χ2v) is 9.32. The van der Waals surface area contributed by atoms with Gasteiger partial charge in [-0.05, 0) is 25.0 Å². The zero-order chi connectivity index (χ0) is 18.1. The minimum absolute atomic E-state index is 0.0291. The standard InChI is InChI=1S/C17H24N4OS3/c1-12(2)10-19-16-20-21-17(25-16)24-11-15(22)18-8-9-23-14-6-4-13(3)5-7-14/h4-7,12H,8-11H2,1-3H3,(H,18,22)(H,19,20). The largest absolute Gasteiger partial charge is 0.360 e. The van der Waals surface area contributed by atoms with Gasteiger partial charge in [0.2, 0.25) is 11.0 Å². The molecule has 1 aromatic heterocycles. The van der Waals surface area contributed by atoms with Crippen LogP contribution in [-0.4, -0.2) is 40.7 Å². The van der Waals surface area contributed by atoms with Gasteiger partial charge < -0.3 is 10.6 Å². The fraction of sp³-hybridized carbons (Fsp3) is 0.471. The number of anilines is 1. The number of thioether (sulfide) groups is 2. The second-order valence-electron chi connectivity index (χ2n) is 5.95. The number of aryl methyl sites for hydroxylation is 1. The highest BCUT2D eigenvalue weighted by Crippen LogP contribution is 2.25. The van der Waals surface area contributed by atoms with Crippen LogP contribution in [0.25, 0.3) is 0 Å². The fourth-order valence-electron chi connectivity index (χ4n) is 1.80. The van der Waals surface area contributed by atoms with E-state index in [-0.39, 0.29) is 5.91 Å². The van der Waals surface area contributed by atoms with Crippen molar-refractivity contribution in [3.05, 3.63) is 29.8 Å². The first-order valence-corrected chi connectivity index (χ1v) is 11.0. The second kappa shape index (κ2) is 10.7. The minimum Gasteiger partial charge on any atom is -0.360 e. The molecular weight excluding hydrogens is 372 g/mol. The van der Waals surface area contributed by atoms with E-state index in [9.17, 15) is 4.79 Å². The Labute approximate surface area is 161 Å². The Kier molecular flexibility index (Phi) is 8.57. The lowest BCUT2D eigenvalue weighted by molar-refractivity contribution is -0.118. The van der Waals surface area contributed by atoms with E-state index in [1.807, 2.05) is 0 Å². The van der Waals surface area contributed by atoms with E-state index < -0.39 is 0 Å². The van der Waals surface area contributed by atoms with Gasteiger partial charge in [-0.15, -0.1) is 22.0 Å². The molecule has 2 aromatic rings. The third-order valence-corrected chi connectivity index (χ3v) is 6.14. The van der Waals surface area contributed by atoms with Crippen LogP contribution in [0.15, 0.2) is 33.5 Å². The highest BCUT2D eigenvalue weighted by atomic mass is 32.2. The highest BCUT2D eigenvalue weighted by molar-refractivity contribution is 8.01. The molecule has 1 aromatic carbocycles. The lowest BCUT2D eigenvalue weighted by Gasteiger charge is -2.05. The Hall–Kier alpha value is -1.25. The first-order chi connectivity index (χ1) is 12.0. The van der Waals surface area contributed by atoms with Crippen molar-refractivity contribution in [3.8, 4) is 0 Å². The lowest BCUT2D eigenvalue weighted by atomic mass is 10.2. The predicted octanol–water partition coefficient (Wildman–Crippen LogP) is 3.92. The smallest absolute Gasteiger partial charge is 0.230 e. The summed E-state index contributed by atoms with van der Waals surface area (Å²) in [5.41, 5.74) is 1.26. The molecule has 25 heavy (non-hydrogen) atoms. The Morgan fingerprint density at radius 2 is 1.96 bits per heavy atom. The number of carbonyl (C=O) groups excluding carboxylic acids is 1. The molecule has 0 saturated heterocycles. The molecule has 0 saturated carbocycles.